The molecule has 0 bridgehead atoms. The number of rotatable bonds is 3. The van der Waals surface area contributed by atoms with Crippen molar-refractivity contribution < 1.29 is 22.8 Å². The van der Waals surface area contributed by atoms with Crippen molar-refractivity contribution in [2.75, 3.05) is 11.2 Å². The van der Waals surface area contributed by atoms with Crippen molar-refractivity contribution in [3.05, 3.63) is 56.7 Å². The normalized spacial score (nSPS) is 18.7. The average molecular weight is 403 g/mol. The molecule has 0 fully saturated rings. The van der Waals surface area contributed by atoms with Crippen LogP contribution in [0.2, 0.25) is 0 Å². The van der Waals surface area contributed by atoms with Crippen LogP contribution < -0.4 is 21.9 Å². The molecule has 1 aliphatic heterocycles. The molecular weight excluding hydrogens is 393 g/mol. The zero-order valence-corrected chi connectivity index (χ0v) is 13.9. The van der Waals surface area contributed by atoms with E-state index in [-0.39, 0.29) is 5.69 Å². The minimum atomic E-state index is -5.39. The van der Waals surface area contributed by atoms with E-state index in [2.05, 4.69) is 0 Å². The molecule has 3 rings (SSSR count). The van der Waals surface area contributed by atoms with Gasteiger partial charge in [-0.15, -0.1) is 11.6 Å². The number of para-hydroxylation sites is 1. The van der Waals surface area contributed by atoms with Gasteiger partial charge in [0.1, 0.15) is 17.3 Å². The Bertz CT molecular complexity index is 1050. The summed E-state index contributed by atoms with van der Waals surface area (Å²) in [6, 6.07) is 7.37. The van der Waals surface area contributed by atoms with Crippen LogP contribution in [-0.2, 0) is 15.1 Å². The number of nitrogens with one attached hydrogen (secondary N) is 3. The Morgan fingerprint density at radius 1 is 1.19 bits per heavy atom. The third kappa shape index (κ3) is 2.70. The number of fused-ring (bicyclic) bond motifs is 1. The minimum absolute atomic E-state index is 0.0944. The molecule has 0 aliphatic carbocycles. The van der Waals surface area contributed by atoms with E-state index in [0.29, 0.717) is 4.57 Å². The predicted molar refractivity (Wildman–Crippen MR) is 87.9 cm³/mol. The van der Waals surface area contributed by atoms with Gasteiger partial charge >= 0.3 is 11.9 Å². The van der Waals surface area contributed by atoms with Gasteiger partial charge in [0, 0.05) is 0 Å². The highest BCUT2D eigenvalue weighted by Crippen LogP contribution is 2.45. The molecule has 0 radical (unpaired) electrons. The molecule has 1 atom stereocenters. The van der Waals surface area contributed by atoms with Gasteiger partial charge in [-0.1, -0.05) is 18.2 Å². The summed E-state index contributed by atoms with van der Waals surface area (Å²) in [4.78, 5) is 50.2. The maximum atomic E-state index is 13.9. The second kappa shape index (κ2) is 6.27. The molecule has 1 aromatic heterocycles. The first kappa shape index (κ1) is 18.7. The molecule has 8 nitrogen and oxygen atoms in total. The monoisotopic (exact) mass is 402 g/mol. The summed E-state index contributed by atoms with van der Waals surface area (Å²) in [7, 11) is 0. The van der Waals surface area contributed by atoms with Crippen molar-refractivity contribution in [1.29, 1.82) is 0 Å². The summed E-state index contributed by atoms with van der Waals surface area (Å²) in [5, 5.41) is 3.38. The maximum absolute atomic E-state index is 13.9. The number of carbonyl (C=O) groups is 2. The van der Waals surface area contributed by atoms with Gasteiger partial charge in [-0.2, -0.15) is 13.2 Å². The summed E-state index contributed by atoms with van der Waals surface area (Å²) >= 11 is 5.26. The van der Waals surface area contributed by atoms with Crippen molar-refractivity contribution in [2.45, 2.75) is 11.7 Å². The van der Waals surface area contributed by atoms with E-state index in [1.165, 1.54) is 29.6 Å². The second-order valence-corrected chi connectivity index (χ2v) is 5.80. The van der Waals surface area contributed by atoms with Crippen molar-refractivity contribution >= 4 is 29.2 Å². The van der Waals surface area contributed by atoms with E-state index in [4.69, 9.17) is 11.6 Å². The summed E-state index contributed by atoms with van der Waals surface area (Å²) in [5.41, 5.74) is -7.27. The lowest BCUT2D eigenvalue weighted by atomic mass is 9.92. The summed E-state index contributed by atoms with van der Waals surface area (Å²) in [6.07, 6.45) is -5.39. The summed E-state index contributed by atoms with van der Waals surface area (Å²) in [6.45, 7) is 0. The first-order chi connectivity index (χ1) is 12.6. The van der Waals surface area contributed by atoms with Gasteiger partial charge in [-0.25, -0.2) is 9.36 Å². The highest BCUT2D eigenvalue weighted by molar-refractivity contribution is 6.27. The molecule has 2 amide bonds. The van der Waals surface area contributed by atoms with Crippen LogP contribution >= 0.6 is 11.6 Å². The molecule has 1 aliphatic rings. The van der Waals surface area contributed by atoms with Crippen molar-refractivity contribution in [2.24, 2.45) is 0 Å². The molecule has 0 saturated carbocycles. The Balaban J connectivity index is 2.40. The molecule has 27 heavy (non-hydrogen) atoms. The van der Waals surface area contributed by atoms with Crippen molar-refractivity contribution in [3.8, 4) is 5.69 Å². The lowest BCUT2D eigenvalue weighted by Gasteiger charge is -2.29. The van der Waals surface area contributed by atoms with Crippen LogP contribution in [0.3, 0.4) is 0 Å². The Labute approximate surface area is 153 Å². The number of alkyl halides is 4. The molecule has 0 unspecified atom stereocenters. The third-order valence-electron chi connectivity index (χ3n) is 3.95. The van der Waals surface area contributed by atoms with Crippen LogP contribution in [0, 0.1) is 0 Å². The van der Waals surface area contributed by atoms with E-state index >= 15 is 0 Å². The number of amides is 2. The number of benzene rings is 1. The minimum Gasteiger partial charge on any atom is -0.329 e. The molecule has 2 aromatic rings. The fourth-order valence-electron chi connectivity index (χ4n) is 2.84. The fourth-order valence-corrected chi connectivity index (χ4v) is 2.91. The average Bonchev–Trinajstić information content (AvgIpc) is 2.89. The zero-order valence-electron chi connectivity index (χ0n) is 13.2. The molecule has 2 heterocycles. The lowest BCUT2D eigenvalue weighted by molar-refractivity contribution is -0.200. The van der Waals surface area contributed by atoms with E-state index in [0.717, 1.165) is 0 Å². The Morgan fingerprint density at radius 3 is 2.37 bits per heavy atom. The topological polar surface area (TPSA) is 113 Å². The largest absolute Gasteiger partial charge is 0.425 e. The van der Waals surface area contributed by atoms with Gasteiger partial charge < -0.3 is 10.6 Å². The lowest BCUT2D eigenvalue weighted by Crippen LogP contribution is -2.62. The Kier molecular flexibility index (Phi) is 4.34. The number of carbonyl (C=O) groups excluding carboxylic acids is 2. The van der Waals surface area contributed by atoms with Crippen LogP contribution in [0.4, 0.5) is 19.0 Å². The van der Waals surface area contributed by atoms with Gasteiger partial charge in [-0.3, -0.25) is 19.4 Å². The molecule has 12 heteroatoms. The molecule has 3 N–H and O–H groups in total. The van der Waals surface area contributed by atoms with Gasteiger partial charge in [-0.05, 0) is 12.1 Å². The number of aromatic amines is 1. The number of aromatic nitrogens is 2. The van der Waals surface area contributed by atoms with Crippen LogP contribution in [0.15, 0.2) is 39.9 Å². The predicted octanol–water partition coefficient (Wildman–Crippen LogP) is 0.590. The van der Waals surface area contributed by atoms with Crippen LogP contribution in [0.1, 0.15) is 5.56 Å². The highest BCUT2D eigenvalue weighted by atomic mass is 35.5. The van der Waals surface area contributed by atoms with E-state index in [1.54, 1.807) is 11.1 Å². The molecule has 1 aromatic carbocycles. The molecular formula is C15H10ClF3N4O4. The number of nitrogens with zero attached hydrogens (tertiary/aromatic N) is 1. The summed E-state index contributed by atoms with van der Waals surface area (Å²) < 4.78 is 42.4. The number of H-pyrrole nitrogens is 1. The first-order valence-electron chi connectivity index (χ1n) is 7.34. The van der Waals surface area contributed by atoms with E-state index in [1.807, 2.05) is 5.32 Å². The Hall–Kier alpha value is -3.08. The van der Waals surface area contributed by atoms with Gasteiger partial charge in [0.25, 0.3) is 11.5 Å². The maximum Gasteiger partial charge on any atom is 0.425 e. The van der Waals surface area contributed by atoms with E-state index in [9.17, 15) is 32.3 Å². The van der Waals surface area contributed by atoms with Gasteiger partial charge in [0.2, 0.25) is 11.4 Å². The van der Waals surface area contributed by atoms with Gasteiger partial charge in [0.15, 0.2) is 0 Å². The standard InChI is InChI=1S/C15H10ClF3N4O4/c16-6-8(24)22-14(15(17,18)19)9-10(20-12(14)26)23(13(27)21-11(9)25)7-4-2-1-3-5-7/h1-5H,6H2,(H,20,26)(H,22,24)(H,21,25,27)/t14-/m0/s1. The van der Waals surface area contributed by atoms with Crippen LogP contribution in [0.5, 0.6) is 0 Å². The van der Waals surface area contributed by atoms with Crippen molar-refractivity contribution in [1.82, 2.24) is 14.9 Å². The molecule has 0 spiro atoms. The number of halogens is 4. The van der Waals surface area contributed by atoms with Crippen molar-refractivity contribution in [3.63, 3.8) is 0 Å². The summed E-state index contributed by atoms with van der Waals surface area (Å²) in [5.74, 6) is -4.62. The zero-order chi connectivity index (χ0) is 20.0. The second-order valence-electron chi connectivity index (χ2n) is 5.54. The number of hydrogen-bond donors (Lipinski definition) is 3. The molecule has 142 valence electrons. The quantitative estimate of drug-likeness (QED) is 0.652. The Morgan fingerprint density at radius 2 is 1.81 bits per heavy atom. The smallest absolute Gasteiger partial charge is 0.329 e. The first-order valence-corrected chi connectivity index (χ1v) is 7.87. The van der Waals surface area contributed by atoms with Crippen LogP contribution in [0.25, 0.3) is 5.69 Å². The van der Waals surface area contributed by atoms with E-state index < -0.39 is 52.0 Å². The highest BCUT2D eigenvalue weighted by Gasteiger charge is 2.68. The number of anilines is 1. The SMILES string of the molecule is O=C(CCl)N[C@]1(C(F)(F)F)C(=O)Nc2c1c(=O)[nH]c(=O)n2-c1ccccc1. The van der Waals surface area contributed by atoms with Crippen LogP contribution in [-0.4, -0.2) is 33.4 Å². The third-order valence-corrected chi connectivity index (χ3v) is 4.19. The number of hydrogen-bond acceptors (Lipinski definition) is 4. The molecule has 0 saturated heterocycles. The fraction of sp³-hybridized carbons (Fsp3) is 0.200. The van der Waals surface area contributed by atoms with Gasteiger partial charge in [0.05, 0.1) is 5.69 Å².